The fourth-order valence-electron chi connectivity index (χ4n) is 0.958. The summed E-state index contributed by atoms with van der Waals surface area (Å²) < 4.78 is 37.5. The van der Waals surface area contributed by atoms with Crippen molar-refractivity contribution in [3.63, 3.8) is 0 Å². The number of rotatable bonds is 1. The second-order valence-corrected chi connectivity index (χ2v) is 2.55. The van der Waals surface area contributed by atoms with Crippen molar-refractivity contribution in [2.45, 2.75) is 6.18 Å². The third kappa shape index (κ3) is 2.37. The third-order valence-corrected chi connectivity index (χ3v) is 1.58. The standard InChI is InChI=1S/C8H2F3N3S/c9-8(10,11)7-5(14-4-15)1-2-13-6(7)3-12/h1-2H. The van der Waals surface area contributed by atoms with E-state index in [0.29, 0.717) is 0 Å². The average molecular weight is 229 g/mol. The molecular formula is C8H2F3N3S. The van der Waals surface area contributed by atoms with Gasteiger partial charge in [0.1, 0.15) is 11.6 Å². The van der Waals surface area contributed by atoms with Crippen LogP contribution in [0.1, 0.15) is 11.3 Å². The fraction of sp³-hybridized carbons (Fsp3) is 0.125. The molecule has 1 rings (SSSR count). The van der Waals surface area contributed by atoms with Crippen LogP contribution >= 0.6 is 12.2 Å². The molecule has 3 nitrogen and oxygen atoms in total. The first-order valence-corrected chi connectivity index (χ1v) is 3.95. The summed E-state index contributed by atoms with van der Waals surface area (Å²) >= 11 is 4.21. The second kappa shape index (κ2) is 4.17. The Morgan fingerprint density at radius 2 is 2.13 bits per heavy atom. The molecule has 0 aliphatic heterocycles. The Morgan fingerprint density at radius 3 is 2.60 bits per heavy atom. The molecular weight excluding hydrogens is 227 g/mol. The Bertz CT molecular complexity index is 469. The van der Waals surface area contributed by atoms with Crippen molar-refractivity contribution in [3.05, 3.63) is 23.5 Å². The molecule has 0 saturated heterocycles. The first-order valence-electron chi connectivity index (χ1n) is 3.55. The van der Waals surface area contributed by atoms with Crippen LogP contribution in [0.4, 0.5) is 18.9 Å². The summed E-state index contributed by atoms with van der Waals surface area (Å²) in [6.45, 7) is 0. The minimum absolute atomic E-state index is 0.455. The maximum absolute atomic E-state index is 12.5. The maximum atomic E-state index is 12.5. The van der Waals surface area contributed by atoms with E-state index in [4.69, 9.17) is 5.26 Å². The largest absolute Gasteiger partial charge is 0.421 e. The zero-order valence-electron chi connectivity index (χ0n) is 7.04. The highest BCUT2D eigenvalue weighted by atomic mass is 32.1. The lowest BCUT2D eigenvalue weighted by atomic mass is 10.1. The first-order chi connectivity index (χ1) is 7.00. The Balaban J connectivity index is 3.56. The molecule has 0 aliphatic carbocycles. The Labute approximate surface area is 87.9 Å². The van der Waals surface area contributed by atoms with Gasteiger partial charge in [-0.1, -0.05) is 0 Å². The molecule has 1 heterocycles. The van der Waals surface area contributed by atoms with Gasteiger partial charge in [-0.3, -0.25) is 0 Å². The lowest BCUT2D eigenvalue weighted by Crippen LogP contribution is -2.09. The predicted molar refractivity (Wildman–Crippen MR) is 48.6 cm³/mol. The van der Waals surface area contributed by atoms with Crippen LogP contribution in [0.5, 0.6) is 0 Å². The topological polar surface area (TPSA) is 49.0 Å². The lowest BCUT2D eigenvalue weighted by Gasteiger charge is -2.09. The Kier molecular flexibility index (Phi) is 3.14. The number of halogens is 3. The van der Waals surface area contributed by atoms with E-state index < -0.39 is 23.1 Å². The van der Waals surface area contributed by atoms with Crippen LogP contribution in [0, 0.1) is 11.3 Å². The van der Waals surface area contributed by atoms with E-state index in [-0.39, 0.29) is 0 Å². The predicted octanol–water partition coefficient (Wildman–Crippen LogP) is 2.71. The maximum Gasteiger partial charge on any atom is 0.421 e. The van der Waals surface area contributed by atoms with Gasteiger partial charge in [0.15, 0.2) is 5.69 Å². The molecule has 0 spiro atoms. The van der Waals surface area contributed by atoms with Gasteiger partial charge in [0.05, 0.1) is 10.8 Å². The normalized spacial score (nSPS) is 10.3. The number of thiocarbonyl (C=S) groups is 1. The Hall–Kier alpha value is -1.77. The van der Waals surface area contributed by atoms with E-state index in [1.165, 1.54) is 6.07 Å². The number of aliphatic imine (C=N–C) groups is 1. The zero-order chi connectivity index (χ0) is 11.5. The van der Waals surface area contributed by atoms with Crippen LogP contribution in [0.2, 0.25) is 0 Å². The quantitative estimate of drug-likeness (QED) is 0.549. The molecule has 1 aromatic heterocycles. The molecule has 15 heavy (non-hydrogen) atoms. The second-order valence-electron chi connectivity index (χ2n) is 2.37. The van der Waals surface area contributed by atoms with E-state index in [1.54, 1.807) is 0 Å². The van der Waals surface area contributed by atoms with Gasteiger partial charge in [-0.05, 0) is 18.3 Å². The SMILES string of the molecule is N#Cc1nccc(N=C=S)c1C(F)(F)F. The third-order valence-electron chi connectivity index (χ3n) is 1.48. The average Bonchev–Trinajstić information content (AvgIpc) is 2.16. The summed E-state index contributed by atoms with van der Waals surface area (Å²) in [5.74, 6) is 0. The van der Waals surface area contributed by atoms with Gasteiger partial charge >= 0.3 is 6.18 Å². The minimum Gasteiger partial charge on any atom is -0.245 e. The first kappa shape index (κ1) is 11.3. The van der Waals surface area contributed by atoms with Crippen molar-refractivity contribution in [2.75, 3.05) is 0 Å². The van der Waals surface area contributed by atoms with Crippen molar-refractivity contribution < 1.29 is 13.2 Å². The summed E-state index contributed by atoms with van der Waals surface area (Å²) in [5, 5.41) is 10.3. The molecule has 0 unspecified atom stereocenters. The number of hydrogen-bond acceptors (Lipinski definition) is 4. The highest BCUT2D eigenvalue weighted by Crippen LogP contribution is 2.37. The van der Waals surface area contributed by atoms with Crippen LogP contribution in [0.15, 0.2) is 17.3 Å². The number of pyridine rings is 1. The summed E-state index contributed by atoms with van der Waals surface area (Å²) in [4.78, 5) is 6.54. The summed E-state index contributed by atoms with van der Waals surface area (Å²) in [6.07, 6.45) is -3.64. The molecule has 0 fully saturated rings. The summed E-state index contributed by atoms with van der Waals surface area (Å²) in [6, 6.07) is 2.36. The Morgan fingerprint density at radius 1 is 1.47 bits per heavy atom. The molecule has 0 aliphatic rings. The number of hydrogen-bond donors (Lipinski definition) is 0. The molecule has 0 bridgehead atoms. The van der Waals surface area contributed by atoms with Gasteiger partial charge in [-0.25, -0.2) is 4.98 Å². The number of alkyl halides is 3. The van der Waals surface area contributed by atoms with E-state index in [1.807, 2.05) is 5.16 Å². The number of nitriles is 1. The van der Waals surface area contributed by atoms with Crippen molar-refractivity contribution >= 4 is 23.1 Å². The highest BCUT2D eigenvalue weighted by Gasteiger charge is 2.37. The molecule has 0 aromatic carbocycles. The van der Waals surface area contributed by atoms with Gasteiger partial charge in [0.2, 0.25) is 0 Å². The molecule has 0 N–H and O–H groups in total. The monoisotopic (exact) mass is 229 g/mol. The summed E-state index contributed by atoms with van der Waals surface area (Å²) in [5.41, 5.74) is -2.37. The number of isothiocyanates is 1. The van der Waals surface area contributed by atoms with E-state index in [2.05, 4.69) is 22.2 Å². The van der Waals surface area contributed by atoms with Gasteiger partial charge in [-0.15, -0.1) is 0 Å². The smallest absolute Gasteiger partial charge is 0.245 e. The van der Waals surface area contributed by atoms with Crippen LogP contribution in [0.3, 0.4) is 0 Å². The van der Waals surface area contributed by atoms with Gasteiger partial charge in [-0.2, -0.15) is 23.4 Å². The van der Waals surface area contributed by atoms with Crippen molar-refractivity contribution in [1.82, 2.24) is 4.98 Å². The highest BCUT2D eigenvalue weighted by molar-refractivity contribution is 7.78. The van der Waals surface area contributed by atoms with Crippen LogP contribution < -0.4 is 0 Å². The number of aromatic nitrogens is 1. The molecule has 1 aromatic rings. The minimum atomic E-state index is -4.69. The molecule has 76 valence electrons. The van der Waals surface area contributed by atoms with E-state index in [0.717, 1.165) is 12.3 Å². The van der Waals surface area contributed by atoms with Crippen molar-refractivity contribution in [2.24, 2.45) is 4.99 Å². The van der Waals surface area contributed by atoms with Crippen molar-refractivity contribution in [3.8, 4) is 6.07 Å². The van der Waals surface area contributed by atoms with Crippen LogP contribution in [-0.4, -0.2) is 10.1 Å². The molecule has 0 saturated carbocycles. The van der Waals surface area contributed by atoms with E-state index in [9.17, 15) is 13.2 Å². The lowest BCUT2D eigenvalue weighted by molar-refractivity contribution is -0.137. The van der Waals surface area contributed by atoms with E-state index >= 15 is 0 Å². The van der Waals surface area contributed by atoms with Gasteiger partial charge in [0.25, 0.3) is 0 Å². The molecule has 7 heteroatoms. The zero-order valence-corrected chi connectivity index (χ0v) is 7.85. The fourth-order valence-corrected chi connectivity index (χ4v) is 1.06. The van der Waals surface area contributed by atoms with Crippen LogP contribution in [0.25, 0.3) is 0 Å². The van der Waals surface area contributed by atoms with Gasteiger partial charge in [0, 0.05) is 6.20 Å². The molecule has 0 atom stereocenters. The molecule has 0 amide bonds. The summed E-state index contributed by atoms with van der Waals surface area (Å²) in [7, 11) is 0. The number of nitrogens with zero attached hydrogens (tertiary/aromatic N) is 3. The van der Waals surface area contributed by atoms with Crippen LogP contribution in [-0.2, 0) is 6.18 Å². The van der Waals surface area contributed by atoms with Gasteiger partial charge < -0.3 is 0 Å². The van der Waals surface area contributed by atoms with Crippen molar-refractivity contribution in [1.29, 1.82) is 5.26 Å². The molecule has 0 radical (unpaired) electrons.